The van der Waals surface area contributed by atoms with Crippen LogP contribution in [0.15, 0.2) is 0 Å². The Balaban J connectivity index is 2.07. The first-order chi connectivity index (χ1) is 13.5. The van der Waals surface area contributed by atoms with Crippen molar-refractivity contribution in [2.45, 2.75) is 77.3 Å². The van der Waals surface area contributed by atoms with Crippen molar-refractivity contribution in [3.8, 4) is 5.88 Å². The van der Waals surface area contributed by atoms with Gasteiger partial charge in [0.1, 0.15) is 11.9 Å². The van der Waals surface area contributed by atoms with E-state index in [0.717, 1.165) is 0 Å². The van der Waals surface area contributed by atoms with Crippen LogP contribution in [0.4, 0.5) is 10.1 Å². The number of rotatable bonds is 9. The van der Waals surface area contributed by atoms with Crippen LogP contribution >= 0.6 is 0 Å². The fourth-order valence-electron chi connectivity index (χ4n) is 3.06. The Morgan fingerprint density at radius 3 is 2.62 bits per heavy atom. The summed E-state index contributed by atoms with van der Waals surface area (Å²) >= 11 is 0. The summed E-state index contributed by atoms with van der Waals surface area (Å²) in [7, 11) is -1.84. The molecule has 1 saturated heterocycles. The van der Waals surface area contributed by atoms with Crippen LogP contribution in [0.5, 0.6) is 5.88 Å². The van der Waals surface area contributed by atoms with E-state index < -0.39 is 25.5 Å². The molecule has 1 unspecified atom stereocenters. The molecule has 2 heterocycles. The van der Waals surface area contributed by atoms with E-state index >= 15 is 0 Å². The van der Waals surface area contributed by atoms with E-state index in [9.17, 15) is 14.5 Å². The van der Waals surface area contributed by atoms with Gasteiger partial charge in [-0.05, 0) is 31.0 Å². The molecule has 1 aromatic rings. The highest BCUT2D eigenvalue weighted by Crippen LogP contribution is 2.37. The molecule has 0 radical (unpaired) electrons. The molecule has 1 aromatic heterocycles. The molecule has 10 heteroatoms. The van der Waals surface area contributed by atoms with E-state index in [1.807, 2.05) is 0 Å². The lowest BCUT2D eigenvalue weighted by atomic mass is 10.1. The Labute approximate surface area is 173 Å². The van der Waals surface area contributed by atoms with Crippen LogP contribution in [0, 0.1) is 10.1 Å². The van der Waals surface area contributed by atoms with E-state index in [-0.39, 0.29) is 29.8 Å². The molecule has 29 heavy (non-hydrogen) atoms. The second kappa shape index (κ2) is 9.52. The van der Waals surface area contributed by atoms with Crippen LogP contribution in [0.3, 0.4) is 0 Å². The number of nitro groups is 1. The predicted octanol–water partition coefficient (Wildman–Crippen LogP) is 4.44. The lowest BCUT2D eigenvalue weighted by molar-refractivity contribution is -0.386. The second-order valence-corrected chi connectivity index (χ2v) is 13.7. The van der Waals surface area contributed by atoms with Crippen molar-refractivity contribution in [2.75, 3.05) is 26.4 Å². The molecule has 0 spiro atoms. The number of hydrogen-bond acceptors (Lipinski definition) is 6. The molecule has 166 valence electrons. The molecular formula is C19H34FN3O5Si. The maximum Gasteiger partial charge on any atom is 0.353 e. The summed E-state index contributed by atoms with van der Waals surface area (Å²) in [5.41, 5.74) is 0.216. The molecule has 2 atom stereocenters. The fourth-order valence-corrected chi connectivity index (χ4v) is 4.15. The van der Waals surface area contributed by atoms with Crippen LogP contribution in [0.25, 0.3) is 0 Å². The van der Waals surface area contributed by atoms with Gasteiger partial charge >= 0.3 is 11.6 Å². The first-order valence-corrected chi connectivity index (χ1v) is 13.1. The molecule has 1 fully saturated rings. The van der Waals surface area contributed by atoms with Gasteiger partial charge < -0.3 is 13.9 Å². The van der Waals surface area contributed by atoms with Gasteiger partial charge in [0, 0.05) is 19.6 Å². The standard InChI is InChI=1S/C19H34FN3O5Si/c1-7-15-17(23(24)25)18(21-22(15)16-9-12-26-13-14(16)20)27-10-8-11-28-29(5,6)19(2,3)4/h14,16H,7-13H2,1-6H3/t14-,16?/m0/s1. The van der Waals surface area contributed by atoms with Gasteiger partial charge in [0.15, 0.2) is 8.32 Å². The van der Waals surface area contributed by atoms with Crippen molar-refractivity contribution in [1.29, 1.82) is 0 Å². The Bertz CT molecular complexity index is 705. The second-order valence-electron chi connectivity index (χ2n) is 8.91. The number of ether oxygens (including phenoxy) is 2. The van der Waals surface area contributed by atoms with Gasteiger partial charge in [-0.2, -0.15) is 0 Å². The largest absolute Gasteiger partial charge is 0.472 e. The van der Waals surface area contributed by atoms with Gasteiger partial charge in [0.2, 0.25) is 0 Å². The highest BCUT2D eigenvalue weighted by atomic mass is 28.4. The lowest BCUT2D eigenvalue weighted by Crippen LogP contribution is -2.41. The zero-order chi connectivity index (χ0) is 21.8. The van der Waals surface area contributed by atoms with Crippen molar-refractivity contribution < 1.29 is 23.2 Å². The van der Waals surface area contributed by atoms with Gasteiger partial charge in [0.25, 0.3) is 0 Å². The minimum absolute atomic E-state index is 0.0253. The zero-order valence-corrected chi connectivity index (χ0v) is 19.4. The van der Waals surface area contributed by atoms with Crippen molar-refractivity contribution >= 4 is 14.0 Å². The monoisotopic (exact) mass is 431 g/mol. The number of hydrogen-bond donors (Lipinski definition) is 0. The Kier molecular flexibility index (Phi) is 7.80. The molecule has 1 aliphatic heterocycles. The predicted molar refractivity (Wildman–Crippen MR) is 111 cm³/mol. The average molecular weight is 432 g/mol. The number of alkyl halides is 1. The summed E-state index contributed by atoms with van der Waals surface area (Å²) in [6.07, 6.45) is 0.137. The normalized spacial score (nSPS) is 20.7. The number of halogens is 1. The molecule has 0 amide bonds. The first-order valence-electron chi connectivity index (χ1n) is 10.2. The van der Waals surface area contributed by atoms with Crippen molar-refractivity contribution in [3.63, 3.8) is 0 Å². The molecule has 0 N–H and O–H groups in total. The topological polar surface area (TPSA) is 88.7 Å². The van der Waals surface area contributed by atoms with E-state index in [2.05, 4.69) is 39.0 Å². The minimum atomic E-state index is -1.84. The quantitative estimate of drug-likeness (QED) is 0.248. The van der Waals surface area contributed by atoms with Gasteiger partial charge in [-0.3, -0.25) is 14.8 Å². The highest BCUT2D eigenvalue weighted by Gasteiger charge is 2.37. The molecule has 2 rings (SSSR count). The van der Waals surface area contributed by atoms with E-state index in [4.69, 9.17) is 13.9 Å². The summed E-state index contributed by atoms with van der Waals surface area (Å²) in [4.78, 5) is 11.2. The third kappa shape index (κ3) is 5.55. The highest BCUT2D eigenvalue weighted by molar-refractivity contribution is 6.74. The molecule has 0 aliphatic carbocycles. The summed E-state index contributed by atoms with van der Waals surface area (Å²) in [5.74, 6) is -0.0436. The van der Waals surface area contributed by atoms with Gasteiger partial charge in [-0.25, -0.2) is 4.39 Å². The van der Waals surface area contributed by atoms with Gasteiger partial charge in [-0.15, -0.1) is 5.10 Å². The Morgan fingerprint density at radius 2 is 2.07 bits per heavy atom. The SMILES string of the molecule is CCc1c([N+](=O)[O-])c(OCCCO[Si](C)(C)C(C)(C)C)nn1C1CCOC[C@@H]1F. The smallest absolute Gasteiger partial charge is 0.353 e. The molecule has 0 aromatic carbocycles. The van der Waals surface area contributed by atoms with Crippen LogP contribution in [0.2, 0.25) is 18.1 Å². The Morgan fingerprint density at radius 1 is 1.38 bits per heavy atom. The van der Waals surface area contributed by atoms with E-state index in [1.54, 1.807) is 6.92 Å². The molecule has 0 saturated carbocycles. The number of aromatic nitrogens is 2. The van der Waals surface area contributed by atoms with Crippen molar-refractivity contribution in [1.82, 2.24) is 9.78 Å². The summed E-state index contributed by atoms with van der Waals surface area (Å²) in [6.45, 7) is 13.8. The average Bonchev–Trinajstić information content (AvgIpc) is 2.99. The maximum absolute atomic E-state index is 14.3. The van der Waals surface area contributed by atoms with Crippen LogP contribution in [-0.4, -0.2) is 55.6 Å². The summed E-state index contributed by atoms with van der Waals surface area (Å²) in [5, 5.41) is 16.1. The zero-order valence-electron chi connectivity index (χ0n) is 18.4. The molecular weight excluding hydrogens is 397 g/mol. The van der Waals surface area contributed by atoms with Crippen molar-refractivity contribution in [3.05, 3.63) is 15.8 Å². The van der Waals surface area contributed by atoms with Crippen LogP contribution in [0.1, 0.15) is 52.3 Å². The maximum atomic E-state index is 14.3. The minimum Gasteiger partial charge on any atom is -0.472 e. The van der Waals surface area contributed by atoms with Crippen LogP contribution in [-0.2, 0) is 15.6 Å². The third-order valence-corrected chi connectivity index (χ3v) is 10.4. The lowest BCUT2D eigenvalue weighted by Gasteiger charge is -2.36. The van der Waals surface area contributed by atoms with E-state index in [0.29, 0.717) is 38.2 Å². The van der Waals surface area contributed by atoms with E-state index in [1.165, 1.54) is 4.68 Å². The molecule has 8 nitrogen and oxygen atoms in total. The van der Waals surface area contributed by atoms with Crippen LogP contribution < -0.4 is 4.74 Å². The third-order valence-electron chi connectivity index (χ3n) is 5.83. The molecule has 1 aliphatic rings. The molecule has 0 bridgehead atoms. The van der Waals surface area contributed by atoms with Gasteiger partial charge in [-0.1, -0.05) is 27.7 Å². The first kappa shape index (κ1) is 23.8. The van der Waals surface area contributed by atoms with Crippen molar-refractivity contribution in [2.24, 2.45) is 0 Å². The summed E-state index contributed by atoms with van der Waals surface area (Å²) < 4.78 is 32.7. The number of nitrogens with zero attached hydrogens (tertiary/aromatic N) is 3. The Hall–Kier alpha value is -1.52. The summed E-state index contributed by atoms with van der Waals surface area (Å²) in [6, 6.07) is -0.573. The fraction of sp³-hybridized carbons (Fsp3) is 0.842. The van der Waals surface area contributed by atoms with Gasteiger partial charge in [0.05, 0.1) is 24.2 Å².